The highest BCUT2D eigenvalue weighted by molar-refractivity contribution is 6.29. The highest BCUT2D eigenvalue weighted by atomic mass is 16.5. The maximum absolute atomic E-state index is 12.3. The number of ketones is 2. The van der Waals surface area contributed by atoms with Crippen molar-refractivity contribution in [1.82, 2.24) is 4.98 Å². The molecule has 1 aliphatic rings. The van der Waals surface area contributed by atoms with Gasteiger partial charge in [0.1, 0.15) is 11.7 Å². The quantitative estimate of drug-likeness (QED) is 0.770. The SMILES string of the molecule is COc1ccnc(C2C(=O)c3ccccc3C2=O)c1. The summed E-state index contributed by atoms with van der Waals surface area (Å²) in [5.41, 5.74) is 1.38. The first-order chi connectivity index (χ1) is 9.22. The standard InChI is InChI=1S/C15H11NO3/c1-19-9-6-7-16-12(8-9)13-14(17)10-4-2-3-5-11(10)15(13)18/h2-8,13H,1H3. The number of hydrogen-bond donors (Lipinski definition) is 0. The zero-order chi connectivity index (χ0) is 13.4. The van der Waals surface area contributed by atoms with Gasteiger partial charge in [0.15, 0.2) is 11.6 Å². The molecule has 2 aromatic rings. The lowest BCUT2D eigenvalue weighted by Crippen LogP contribution is -2.14. The maximum atomic E-state index is 12.3. The summed E-state index contributed by atoms with van der Waals surface area (Å²) in [5.74, 6) is -0.642. The van der Waals surface area contributed by atoms with E-state index in [0.29, 0.717) is 22.6 Å². The van der Waals surface area contributed by atoms with Crippen molar-refractivity contribution in [3.8, 4) is 5.75 Å². The molecule has 0 aliphatic heterocycles. The summed E-state index contributed by atoms with van der Waals surface area (Å²) in [5, 5.41) is 0. The zero-order valence-corrected chi connectivity index (χ0v) is 10.3. The lowest BCUT2D eigenvalue weighted by molar-refractivity contribution is 0.0888. The number of ether oxygens (including phenoxy) is 1. The van der Waals surface area contributed by atoms with Crippen molar-refractivity contribution in [2.75, 3.05) is 7.11 Å². The molecule has 19 heavy (non-hydrogen) atoms. The van der Waals surface area contributed by atoms with Crippen LogP contribution >= 0.6 is 0 Å². The number of methoxy groups -OCH3 is 1. The molecule has 4 heteroatoms. The fraction of sp³-hybridized carbons (Fsp3) is 0.133. The normalized spacial score (nSPS) is 14.6. The van der Waals surface area contributed by atoms with Crippen LogP contribution in [-0.4, -0.2) is 23.7 Å². The number of pyridine rings is 1. The Morgan fingerprint density at radius 3 is 2.26 bits per heavy atom. The summed E-state index contributed by atoms with van der Waals surface area (Å²) in [6.07, 6.45) is 1.54. The van der Waals surface area contributed by atoms with Crippen LogP contribution in [0.1, 0.15) is 32.3 Å². The molecule has 4 nitrogen and oxygen atoms in total. The van der Waals surface area contributed by atoms with Crippen LogP contribution in [0, 0.1) is 0 Å². The third kappa shape index (κ3) is 1.73. The zero-order valence-electron chi connectivity index (χ0n) is 10.3. The van der Waals surface area contributed by atoms with Gasteiger partial charge in [-0.3, -0.25) is 14.6 Å². The second kappa shape index (κ2) is 4.31. The van der Waals surface area contributed by atoms with Gasteiger partial charge in [-0.05, 0) is 6.07 Å². The average molecular weight is 253 g/mol. The van der Waals surface area contributed by atoms with Crippen molar-refractivity contribution in [3.63, 3.8) is 0 Å². The van der Waals surface area contributed by atoms with Crippen molar-refractivity contribution >= 4 is 11.6 Å². The Kier molecular flexibility index (Phi) is 2.63. The van der Waals surface area contributed by atoms with Crippen LogP contribution in [0.5, 0.6) is 5.75 Å². The number of carbonyl (C=O) groups excluding carboxylic acids is 2. The molecule has 1 aromatic carbocycles. The summed E-state index contributed by atoms with van der Waals surface area (Å²) in [4.78, 5) is 28.7. The highest BCUT2D eigenvalue weighted by Crippen LogP contribution is 2.33. The molecule has 3 rings (SSSR count). The molecule has 0 unspecified atom stereocenters. The van der Waals surface area contributed by atoms with E-state index in [1.165, 1.54) is 13.3 Å². The first kappa shape index (κ1) is 11.6. The van der Waals surface area contributed by atoms with E-state index >= 15 is 0 Å². The summed E-state index contributed by atoms with van der Waals surface area (Å²) >= 11 is 0. The first-order valence-corrected chi connectivity index (χ1v) is 5.90. The molecular formula is C15H11NO3. The Bertz CT molecular complexity index is 644. The van der Waals surface area contributed by atoms with Crippen molar-refractivity contribution in [2.45, 2.75) is 5.92 Å². The van der Waals surface area contributed by atoms with Crippen LogP contribution in [0.4, 0.5) is 0 Å². The number of fused-ring (bicyclic) bond motifs is 1. The van der Waals surface area contributed by atoms with Gasteiger partial charge in [0, 0.05) is 23.4 Å². The van der Waals surface area contributed by atoms with Gasteiger partial charge >= 0.3 is 0 Å². The van der Waals surface area contributed by atoms with Gasteiger partial charge in [0.25, 0.3) is 0 Å². The van der Waals surface area contributed by atoms with Gasteiger partial charge in [-0.2, -0.15) is 0 Å². The fourth-order valence-electron chi connectivity index (χ4n) is 2.32. The second-order valence-electron chi connectivity index (χ2n) is 4.33. The molecule has 0 saturated heterocycles. The van der Waals surface area contributed by atoms with E-state index in [2.05, 4.69) is 4.98 Å². The molecule has 94 valence electrons. The fourth-order valence-corrected chi connectivity index (χ4v) is 2.32. The molecule has 1 aliphatic carbocycles. The summed E-state index contributed by atoms with van der Waals surface area (Å²) in [7, 11) is 1.53. The van der Waals surface area contributed by atoms with Crippen molar-refractivity contribution in [3.05, 3.63) is 59.4 Å². The molecule has 1 aromatic heterocycles. The van der Waals surface area contributed by atoms with Crippen LogP contribution in [0.15, 0.2) is 42.6 Å². The van der Waals surface area contributed by atoms with Gasteiger partial charge in [-0.15, -0.1) is 0 Å². The smallest absolute Gasteiger partial charge is 0.180 e. The molecule has 0 atom stereocenters. The maximum Gasteiger partial charge on any atom is 0.180 e. The molecule has 0 amide bonds. The molecule has 0 radical (unpaired) electrons. The molecule has 0 fully saturated rings. The number of Topliss-reactive ketones (excluding diaryl/α,β-unsaturated/α-hetero) is 2. The van der Waals surface area contributed by atoms with Gasteiger partial charge < -0.3 is 4.74 Å². The van der Waals surface area contributed by atoms with Crippen molar-refractivity contribution in [1.29, 1.82) is 0 Å². The summed E-state index contributed by atoms with van der Waals surface area (Å²) in [6.45, 7) is 0. The largest absolute Gasteiger partial charge is 0.497 e. The number of rotatable bonds is 2. The third-order valence-corrected chi connectivity index (χ3v) is 3.27. The molecule has 0 spiro atoms. The van der Waals surface area contributed by atoms with Crippen molar-refractivity contribution in [2.24, 2.45) is 0 Å². The van der Waals surface area contributed by atoms with Crippen LogP contribution in [0.2, 0.25) is 0 Å². The topological polar surface area (TPSA) is 56.3 Å². The van der Waals surface area contributed by atoms with Crippen LogP contribution in [0.25, 0.3) is 0 Å². The van der Waals surface area contributed by atoms with Crippen LogP contribution in [0.3, 0.4) is 0 Å². The van der Waals surface area contributed by atoms with E-state index in [1.807, 2.05) is 0 Å². The Labute approximate surface area is 110 Å². The number of hydrogen-bond acceptors (Lipinski definition) is 4. The first-order valence-electron chi connectivity index (χ1n) is 5.90. The third-order valence-electron chi connectivity index (χ3n) is 3.27. The Hall–Kier alpha value is -2.49. The minimum atomic E-state index is -0.840. The minimum Gasteiger partial charge on any atom is -0.497 e. The van der Waals surface area contributed by atoms with Gasteiger partial charge in [0.05, 0.1) is 12.8 Å². The van der Waals surface area contributed by atoms with E-state index in [9.17, 15) is 9.59 Å². The lowest BCUT2D eigenvalue weighted by atomic mass is 9.99. The van der Waals surface area contributed by atoms with E-state index in [1.54, 1.807) is 36.4 Å². The predicted octanol–water partition coefficient (Wildman–Crippen LogP) is 2.25. The van der Waals surface area contributed by atoms with Gasteiger partial charge in [-0.1, -0.05) is 24.3 Å². The Balaban J connectivity index is 2.08. The lowest BCUT2D eigenvalue weighted by Gasteiger charge is -2.07. The second-order valence-corrected chi connectivity index (χ2v) is 4.33. The number of aromatic nitrogens is 1. The Morgan fingerprint density at radius 2 is 1.68 bits per heavy atom. The van der Waals surface area contributed by atoms with E-state index in [-0.39, 0.29) is 11.6 Å². The number of carbonyl (C=O) groups is 2. The van der Waals surface area contributed by atoms with E-state index in [4.69, 9.17) is 4.74 Å². The van der Waals surface area contributed by atoms with Crippen LogP contribution < -0.4 is 4.74 Å². The monoisotopic (exact) mass is 253 g/mol. The Morgan fingerprint density at radius 1 is 1.05 bits per heavy atom. The molecule has 0 bridgehead atoms. The predicted molar refractivity (Wildman–Crippen MR) is 68.6 cm³/mol. The van der Waals surface area contributed by atoms with Gasteiger partial charge in [-0.25, -0.2) is 0 Å². The van der Waals surface area contributed by atoms with Gasteiger partial charge in [0.2, 0.25) is 0 Å². The highest BCUT2D eigenvalue weighted by Gasteiger charge is 2.40. The number of benzene rings is 1. The molecule has 1 heterocycles. The van der Waals surface area contributed by atoms with E-state index in [0.717, 1.165) is 0 Å². The molecule has 0 N–H and O–H groups in total. The van der Waals surface area contributed by atoms with E-state index < -0.39 is 5.92 Å². The van der Waals surface area contributed by atoms with Crippen molar-refractivity contribution < 1.29 is 14.3 Å². The van der Waals surface area contributed by atoms with Crippen LogP contribution in [-0.2, 0) is 0 Å². The average Bonchev–Trinajstić information content (AvgIpc) is 2.72. The minimum absolute atomic E-state index is 0.193. The number of nitrogens with zero attached hydrogens (tertiary/aromatic N) is 1. The summed E-state index contributed by atoms with van der Waals surface area (Å²) < 4.78 is 5.10. The molecule has 0 saturated carbocycles. The molecular weight excluding hydrogens is 242 g/mol. The summed E-state index contributed by atoms with van der Waals surface area (Å²) in [6, 6.07) is 10.2.